The first-order chi connectivity index (χ1) is 10.2. The highest BCUT2D eigenvalue weighted by Gasteiger charge is 2.06. The number of halogens is 3. The van der Waals surface area contributed by atoms with E-state index in [1.807, 2.05) is 6.92 Å². The predicted molar refractivity (Wildman–Crippen MR) is 121 cm³/mol. The van der Waals surface area contributed by atoms with Crippen molar-refractivity contribution >= 4 is 84.0 Å². The molecule has 0 heterocycles. The lowest BCUT2D eigenvalue weighted by Crippen LogP contribution is -2.04. The van der Waals surface area contributed by atoms with Crippen molar-refractivity contribution in [3.8, 4) is 0 Å². The van der Waals surface area contributed by atoms with Crippen LogP contribution in [0.25, 0.3) is 0 Å². The summed E-state index contributed by atoms with van der Waals surface area (Å²) in [6.45, 7) is 13.3. The fourth-order valence-corrected chi connectivity index (χ4v) is 3.46. The van der Waals surface area contributed by atoms with Gasteiger partial charge in [0, 0.05) is 0 Å². The van der Waals surface area contributed by atoms with Crippen molar-refractivity contribution < 1.29 is 0 Å². The predicted octanol–water partition coefficient (Wildman–Crippen LogP) is 8.14. The molecule has 0 amide bonds. The smallest absolute Gasteiger partial charge is 0.261 e. The molecule has 0 aromatic carbocycles. The first-order valence-corrected chi connectivity index (χ1v) is 22.7. The van der Waals surface area contributed by atoms with Gasteiger partial charge in [-0.25, -0.2) is 20.1 Å². The van der Waals surface area contributed by atoms with Gasteiger partial charge in [-0.15, -0.1) is 17.4 Å². The highest BCUT2D eigenvalue weighted by Crippen LogP contribution is 2.02. The Balaban J connectivity index is -0.000000100. The van der Waals surface area contributed by atoms with E-state index in [1.54, 1.807) is 0 Å². The van der Waals surface area contributed by atoms with Crippen LogP contribution in [0, 0.1) is 0 Å². The number of hydrogen-bond acceptors (Lipinski definition) is 0. The largest absolute Gasteiger partial charge is 0.519 e. The maximum atomic E-state index is 5.79. The van der Waals surface area contributed by atoms with Gasteiger partial charge >= 0.3 is 25.5 Å². The van der Waals surface area contributed by atoms with E-state index in [4.69, 9.17) is 30.1 Å². The zero-order chi connectivity index (χ0) is 18.6. The second kappa shape index (κ2) is 28.8. The average molecular weight is 434 g/mol. The highest BCUT2D eigenvalue weighted by molar-refractivity contribution is 7.33. The summed E-state index contributed by atoms with van der Waals surface area (Å²) >= 11 is -2.20. The van der Waals surface area contributed by atoms with Crippen LogP contribution in [0.15, 0.2) is 0 Å². The summed E-state index contributed by atoms with van der Waals surface area (Å²) in [6, 6.07) is 0. The molecular formula is C15H39Al4Cl3. The molecule has 0 bridgehead atoms. The van der Waals surface area contributed by atoms with Crippen LogP contribution in [0.3, 0.4) is 0 Å². The maximum Gasteiger partial charge on any atom is 0.519 e. The lowest BCUT2D eigenvalue weighted by Gasteiger charge is -1.97. The minimum atomic E-state index is -1.21. The first-order valence-electron chi connectivity index (χ1n) is 9.08. The summed E-state index contributed by atoms with van der Waals surface area (Å²) in [5, 5.41) is 7.92. The van der Waals surface area contributed by atoms with Gasteiger partial charge in [0.25, 0.3) is 28.3 Å². The molecule has 0 aliphatic rings. The Kier molecular flexibility index (Phi) is 42.7. The molecule has 0 spiro atoms. The molecule has 0 rings (SSSR count). The third kappa shape index (κ3) is 49.5. The Morgan fingerprint density at radius 3 is 0.773 bits per heavy atom. The van der Waals surface area contributed by atoms with Crippen molar-refractivity contribution in [2.24, 2.45) is 0 Å². The van der Waals surface area contributed by atoms with Crippen molar-refractivity contribution in [3.05, 3.63) is 0 Å². The minimum absolute atomic E-state index is 0.139. The van der Waals surface area contributed by atoms with Gasteiger partial charge in [-0.05, 0) is 0 Å². The topological polar surface area (TPSA) is 0 Å². The van der Waals surface area contributed by atoms with E-state index in [0.717, 1.165) is 5.28 Å². The molecule has 0 fully saturated rings. The quantitative estimate of drug-likeness (QED) is 0.371. The Bertz CT molecular complexity index is 157. The van der Waals surface area contributed by atoms with Crippen molar-refractivity contribution in [1.29, 1.82) is 0 Å². The molecule has 0 saturated carbocycles. The van der Waals surface area contributed by atoms with E-state index >= 15 is 0 Å². The van der Waals surface area contributed by atoms with E-state index in [-0.39, 0.29) is 28.3 Å². The van der Waals surface area contributed by atoms with Crippen molar-refractivity contribution in [2.45, 2.75) is 90.6 Å². The molecule has 0 N–H and O–H groups in total. The van der Waals surface area contributed by atoms with Crippen LogP contribution < -0.4 is 0 Å². The Labute approximate surface area is 172 Å². The summed E-state index contributed by atoms with van der Waals surface area (Å²) in [5.74, 6) is 6.92. The fraction of sp³-hybridized carbons (Fsp3) is 1.00. The van der Waals surface area contributed by atoms with Gasteiger partial charge in [0.15, 0.2) is 0 Å². The van der Waals surface area contributed by atoms with Gasteiger partial charge in [-0.1, -0.05) is 73.2 Å². The zero-order valence-electron chi connectivity index (χ0n) is 16.7. The molecule has 7 heteroatoms. The third-order valence-electron chi connectivity index (χ3n) is 2.93. The third-order valence-corrected chi connectivity index (χ3v) is 12.5. The highest BCUT2D eigenvalue weighted by atomic mass is 35.7. The molecule has 0 aromatic heterocycles. The van der Waals surface area contributed by atoms with Gasteiger partial charge in [0.05, 0.1) is 0 Å². The monoisotopic (exact) mass is 432 g/mol. The zero-order valence-corrected chi connectivity index (χ0v) is 23.6. The summed E-state index contributed by atoms with van der Waals surface area (Å²) < 4.78 is 0. The van der Waals surface area contributed by atoms with Gasteiger partial charge in [-0.3, -0.25) is 10.0 Å². The summed E-state index contributed by atoms with van der Waals surface area (Å²) in [6.07, 6.45) is 0. The maximum absolute atomic E-state index is 5.79. The van der Waals surface area contributed by atoms with Crippen LogP contribution in [0.2, 0.25) is 49.1 Å². The van der Waals surface area contributed by atoms with Crippen LogP contribution in [0.4, 0.5) is 0 Å². The number of rotatable bonds is 6. The van der Waals surface area contributed by atoms with E-state index in [2.05, 4.69) is 52.0 Å². The van der Waals surface area contributed by atoms with Crippen LogP contribution in [-0.4, -0.2) is 53.8 Å². The van der Waals surface area contributed by atoms with E-state index in [1.165, 1.54) is 26.4 Å². The van der Waals surface area contributed by atoms with Crippen molar-refractivity contribution in [1.82, 2.24) is 0 Å². The molecule has 22 heavy (non-hydrogen) atoms. The molecule has 0 aliphatic carbocycles. The Morgan fingerprint density at radius 2 is 0.773 bits per heavy atom. The van der Waals surface area contributed by atoms with Gasteiger partial charge in [0.2, 0.25) is 0 Å². The summed E-state index contributed by atoms with van der Waals surface area (Å²) in [5.41, 5.74) is 0. The van der Waals surface area contributed by atoms with E-state index < -0.39 is 25.5 Å². The van der Waals surface area contributed by atoms with E-state index in [0.29, 0.717) is 0 Å². The molecule has 132 valence electrons. The second-order valence-electron chi connectivity index (χ2n) is 6.04. The Hall–Kier alpha value is 3.00. The van der Waals surface area contributed by atoms with Gasteiger partial charge < -0.3 is 0 Å². The van der Waals surface area contributed by atoms with Crippen molar-refractivity contribution in [2.75, 3.05) is 0 Å². The summed E-state index contributed by atoms with van der Waals surface area (Å²) in [7, 11) is 16.5. The lowest BCUT2D eigenvalue weighted by atomic mass is 10.9. The fourth-order valence-electron chi connectivity index (χ4n) is 1.15. The molecule has 0 aliphatic heterocycles. The second-order valence-corrected chi connectivity index (χ2v) is 23.8. The number of hydrogen-bond donors (Lipinski definition) is 0. The summed E-state index contributed by atoms with van der Waals surface area (Å²) in [4.78, 5) is 0. The average Bonchev–Trinajstić information content (AvgIpc) is 2.48. The first kappa shape index (κ1) is 32.7. The van der Waals surface area contributed by atoms with Crippen LogP contribution in [-0.2, 0) is 0 Å². The van der Waals surface area contributed by atoms with E-state index in [9.17, 15) is 0 Å². The lowest BCUT2D eigenvalue weighted by molar-refractivity contribution is 1.24. The molecule has 0 unspecified atom stereocenters. The van der Waals surface area contributed by atoms with Crippen LogP contribution in [0.1, 0.15) is 41.5 Å². The molecular weight excluding hydrogens is 394 g/mol. The van der Waals surface area contributed by atoms with Gasteiger partial charge in [-0.2, -0.15) is 0 Å². The van der Waals surface area contributed by atoms with Crippen LogP contribution in [0.5, 0.6) is 0 Å². The van der Waals surface area contributed by atoms with Gasteiger partial charge in [0.1, 0.15) is 0 Å². The molecule has 0 saturated heterocycles. The molecule has 0 radical (unpaired) electrons. The van der Waals surface area contributed by atoms with Crippen LogP contribution >= 0.6 is 30.1 Å². The normalized spacial score (nSPS) is 8.18. The minimum Gasteiger partial charge on any atom is -0.261 e. The SMILES string of the molecule is C[CH2][Al]([CH2]C)[CH2]C.C[CH2][Al]([Cl])[CH2]C.C[CH2][Al]([Cl])[Cl].[CH3][Al]([CH3])[CH3]. The Morgan fingerprint density at radius 1 is 0.545 bits per heavy atom. The molecule has 0 aromatic rings. The standard InChI is InChI=1S/6C2H5.3CH3.4Al.3ClH/c6*1-2;;;;;;;;;;/h6*1H2,2H3;3*1H3;;;;;3*1H/q;;;;;;;;;;;+1;+2;;;/p-3. The molecule has 0 atom stereocenters. The van der Waals surface area contributed by atoms with Crippen molar-refractivity contribution in [3.63, 3.8) is 0 Å². The molecule has 0 nitrogen and oxygen atoms in total.